The number of methoxy groups -OCH3 is 1. The van der Waals surface area contributed by atoms with E-state index in [1.807, 2.05) is 53.0 Å². The molecule has 0 radical (unpaired) electrons. The fourth-order valence-corrected chi connectivity index (χ4v) is 3.76. The molecule has 222 valence electrons. The minimum Gasteiger partial charge on any atom is -0.492 e. The van der Waals surface area contributed by atoms with Gasteiger partial charge in [-0.1, -0.05) is 65.3 Å². The fraction of sp³-hybridized carbons (Fsp3) is 0.375. The number of ether oxygens (including phenoxy) is 1. The van der Waals surface area contributed by atoms with Gasteiger partial charge in [0.25, 0.3) is 0 Å². The van der Waals surface area contributed by atoms with Crippen molar-refractivity contribution in [2.24, 2.45) is 11.6 Å². The van der Waals surface area contributed by atoms with Crippen LogP contribution in [-0.2, 0) is 5.41 Å². The van der Waals surface area contributed by atoms with E-state index in [1.54, 1.807) is 32.4 Å². The van der Waals surface area contributed by atoms with Gasteiger partial charge in [-0.25, -0.2) is 10.2 Å². The number of nitrogens with one attached hydrogen (secondary N) is 2. The minimum atomic E-state index is -0.397. The van der Waals surface area contributed by atoms with Crippen LogP contribution in [0.1, 0.15) is 72.1 Å². The fourth-order valence-electron chi connectivity index (χ4n) is 3.39. The molecule has 40 heavy (non-hydrogen) atoms. The van der Waals surface area contributed by atoms with Crippen LogP contribution in [-0.4, -0.2) is 13.4 Å². The molecule has 0 aliphatic heterocycles. The summed E-state index contributed by atoms with van der Waals surface area (Å²) in [6, 6.07) is 7.32. The highest BCUT2D eigenvalue weighted by Gasteiger charge is 2.21. The Balaban J connectivity index is 0.00000284. The largest absolute Gasteiger partial charge is 0.492 e. The summed E-state index contributed by atoms with van der Waals surface area (Å²) in [7, 11) is 1.62. The molecule has 0 unspecified atom stereocenters. The maximum absolute atomic E-state index is 14.9. The highest BCUT2D eigenvalue weighted by Crippen LogP contribution is 2.41. The third kappa shape index (κ3) is 10.3. The zero-order chi connectivity index (χ0) is 31.2. The third-order valence-corrected chi connectivity index (χ3v) is 6.19. The molecule has 2 aromatic rings. The number of halogens is 1. The number of hydrogen-bond donors (Lipinski definition) is 4. The van der Waals surface area contributed by atoms with Crippen molar-refractivity contribution in [3.05, 3.63) is 89.6 Å². The Kier molecular flexibility index (Phi) is 15.9. The molecule has 0 saturated carbocycles. The van der Waals surface area contributed by atoms with Crippen LogP contribution in [0.4, 0.5) is 21.5 Å². The van der Waals surface area contributed by atoms with Crippen LogP contribution in [0.25, 0.3) is 5.70 Å². The molecule has 0 amide bonds. The van der Waals surface area contributed by atoms with Gasteiger partial charge in [-0.3, -0.25) is 5.01 Å². The number of hydrogen-bond acceptors (Lipinski definition) is 7. The molecular weight excluding hydrogens is 521 g/mol. The molecule has 0 aromatic heterocycles. The number of nitrogens with two attached hydrogens (primary N) is 2. The Morgan fingerprint density at radius 1 is 1.12 bits per heavy atom. The molecule has 0 heterocycles. The summed E-state index contributed by atoms with van der Waals surface area (Å²) in [6.07, 6.45) is 7.16. The molecule has 0 saturated heterocycles. The number of benzene rings is 2. The summed E-state index contributed by atoms with van der Waals surface area (Å²) < 4.78 is 23.9. The lowest BCUT2D eigenvalue weighted by atomic mass is 9.86. The van der Waals surface area contributed by atoms with Gasteiger partial charge in [-0.2, -0.15) is 0 Å². The standard InChI is InChI=1S/C27H38FN5OS.C3H6.C2H6/c1-10-16(2)22(29)15-33(30)25-12-19(11-21(28)17(25)3)18(4)31-23-13-20(27(5,6)7)14-24(32-35-9)26(23)34-8;1-3-2;1-2/h10-15,31-32H,4,29-30H2,1-3,5-9H3;3H,1H2,2H3;1-2H3/b16-10+,22-15-;;. The second-order valence-corrected chi connectivity index (χ2v) is 10.4. The van der Waals surface area contributed by atoms with Gasteiger partial charge >= 0.3 is 0 Å². The lowest BCUT2D eigenvalue weighted by Crippen LogP contribution is -2.27. The predicted octanol–water partition coefficient (Wildman–Crippen LogP) is 8.88. The summed E-state index contributed by atoms with van der Waals surface area (Å²) in [4.78, 5) is 0. The molecule has 8 heteroatoms. The summed E-state index contributed by atoms with van der Waals surface area (Å²) in [5.74, 6) is 6.49. The van der Waals surface area contributed by atoms with Crippen LogP contribution in [0, 0.1) is 12.7 Å². The van der Waals surface area contributed by atoms with Gasteiger partial charge in [0.2, 0.25) is 0 Å². The molecule has 0 aliphatic carbocycles. The molecule has 2 aromatic carbocycles. The topological polar surface area (TPSA) is 88.6 Å². The monoisotopic (exact) mass is 571 g/mol. The number of allylic oxidation sites excluding steroid dienone is 3. The third-order valence-electron chi connectivity index (χ3n) is 5.77. The van der Waals surface area contributed by atoms with Crippen molar-refractivity contribution in [1.82, 2.24) is 0 Å². The van der Waals surface area contributed by atoms with Crippen molar-refractivity contribution in [3.8, 4) is 5.75 Å². The van der Waals surface area contributed by atoms with E-state index in [9.17, 15) is 4.39 Å². The van der Waals surface area contributed by atoms with Crippen LogP contribution in [0.15, 0.2) is 67.0 Å². The molecule has 0 spiro atoms. The molecule has 0 atom stereocenters. The molecule has 0 fully saturated rings. The average Bonchev–Trinajstić information content (AvgIpc) is 2.90. The Bertz CT molecular complexity index is 1200. The molecule has 6 N–H and O–H groups in total. The Morgan fingerprint density at radius 2 is 1.68 bits per heavy atom. The number of nitrogens with zero attached hydrogens (tertiary/aromatic N) is 1. The second kappa shape index (κ2) is 17.4. The Morgan fingerprint density at radius 3 is 2.15 bits per heavy atom. The van der Waals surface area contributed by atoms with Gasteiger partial charge in [-0.05, 0) is 68.5 Å². The van der Waals surface area contributed by atoms with E-state index < -0.39 is 5.82 Å². The first kappa shape index (κ1) is 36.6. The van der Waals surface area contributed by atoms with E-state index in [0.717, 1.165) is 22.5 Å². The summed E-state index contributed by atoms with van der Waals surface area (Å²) in [5.41, 5.74) is 12.0. The lowest BCUT2D eigenvalue weighted by molar-refractivity contribution is 0.418. The minimum absolute atomic E-state index is 0.0978. The Hall–Kier alpha value is -3.36. The van der Waals surface area contributed by atoms with Gasteiger partial charge in [0.1, 0.15) is 5.82 Å². The zero-order valence-corrected chi connectivity index (χ0v) is 27.1. The first-order chi connectivity index (χ1) is 18.7. The van der Waals surface area contributed by atoms with Crippen LogP contribution >= 0.6 is 11.9 Å². The summed E-state index contributed by atoms with van der Waals surface area (Å²) in [6.45, 7) is 25.3. The van der Waals surface area contributed by atoms with Crippen molar-refractivity contribution >= 4 is 34.7 Å². The van der Waals surface area contributed by atoms with Gasteiger partial charge < -0.3 is 20.5 Å². The van der Waals surface area contributed by atoms with Crippen LogP contribution in [0.5, 0.6) is 5.75 Å². The van der Waals surface area contributed by atoms with E-state index in [1.165, 1.54) is 23.0 Å². The summed E-state index contributed by atoms with van der Waals surface area (Å²) >= 11 is 1.48. The van der Waals surface area contributed by atoms with Crippen molar-refractivity contribution in [2.75, 3.05) is 28.4 Å². The molecule has 6 nitrogen and oxygen atoms in total. The molecule has 0 aliphatic rings. The van der Waals surface area contributed by atoms with E-state index in [4.69, 9.17) is 16.3 Å². The van der Waals surface area contributed by atoms with E-state index in [2.05, 4.69) is 50.0 Å². The normalized spacial score (nSPS) is 11.3. The van der Waals surface area contributed by atoms with Crippen molar-refractivity contribution < 1.29 is 9.13 Å². The Labute approximate surface area is 246 Å². The van der Waals surface area contributed by atoms with Gasteiger partial charge in [-0.15, -0.1) is 6.58 Å². The predicted molar refractivity (Wildman–Crippen MR) is 178 cm³/mol. The zero-order valence-electron chi connectivity index (χ0n) is 26.3. The highest BCUT2D eigenvalue weighted by molar-refractivity contribution is 7.99. The lowest BCUT2D eigenvalue weighted by Gasteiger charge is -2.25. The van der Waals surface area contributed by atoms with Crippen molar-refractivity contribution in [2.45, 2.75) is 67.7 Å². The smallest absolute Gasteiger partial charge is 0.166 e. The van der Waals surface area contributed by atoms with Crippen molar-refractivity contribution in [1.29, 1.82) is 0 Å². The van der Waals surface area contributed by atoms with E-state index in [0.29, 0.717) is 34.0 Å². The maximum atomic E-state index is 14.9. The van der Waals surface area contributed by atoms with Crippen LogP contribution < -0.4 is 31.4 Å². The SMILES string of the molecule is C=C(Nc1cc(C(C)(C)C)cc(NSC)c1OC)c1cc(F)c(C)c(N(N)/C=C(N)/C(C)=C/C)c1.C=CC.CC. The highest BCUT2D eigenvalue weighted by atomic mass is 32.2. The quantitative estimate of drug-likeness (QED) is 0.0786. The molecule has 0 bridgehead atoms. The first-order valence-electron chi connectivity index (χ1n) is 13.2. The van der Waals surface area contributed by atoms with Crippen molar-refractivity contribution in [3.63, 3.8) is 0 Å². The van der Waals surface area contributed by atoms with E-state index in [-0.39, 0.29) is 5.41 Å². The van der Waals surface area contributed by atoms with Gasteiger partial charge in [0.15, 0.2) is 5.75 Å². The number of hydrazine groups is 1. The maximum Gasteiger partial charge on any atom is 0.166 e. The number of rotatable bonds is 9. The van der Waals surface area contributed by atoms with E-state index >= 15 is 0 Å². The summed E-state index contributed by atoms with van der Waals surface area (Å²) in [5, 5.41) is 4.66. The number of anilines is 3. The van der Waals surface area contributed by atoms with Gasteiger partial charge in [0.05, 0.1) is 29.9 Å². The van der Waals surface area contributed by atoms with Crippen LogP contribution in [0.2, 0.25) is 0 Å². The first-order valence-corrected chi connectivity index (χ1v) is 14.5. The molecular formula is C32H50FN5OS. The van der Waals surface area contributed by atoms with Crippen LogP contribution in [0.3, 0.4) is 0 Å². The second-order valence-electron chi connectivity index (χ2n) is 9.74. The van der Waals surface area contributed by atoms with Gasteiger partial charge in [0, 0.05) is 29.3 Å². The average molecular weight is 572 g/mol. The molecule has 2 rings (SSSR count).